The monoisotopic (exact) mass is 232 g/mol. The normalized spacial score (nSPS) is 10.9. The van der Waals surface area contributed by atoms with Gasteiger partial charge in [-0.25, -0.2) is 0 Å². The molecule has 2 rings (SSSR count). The van der Waals surface area contributed by atoms with Gasteiger partial charge in [0.15, 0.2) is 6.29 Å². The maximum absolute atomic E-state index is 8.78. The van der Waals surface area contributed by atoms with Gasteiger partial charge in [0, 0.05) is 0 Å². The number of hydrogen-bond acceptors (Lipinski definition) is 3. The van der Waals surface area contributed by atoms with Crippen LogP contribution in [-0.4, -0.2) is 16.5 Å². The van der Waals surface area contributed by atoms with Gasteiger partial charge >= 0.3 is 0 Å². The summed E-state index contributed by atoms with van der Waals surface area (Å²) in [7, 11) is 0. The molecule has 3 heteroatoms. The molecule has 90 valence electrons. The fraction of sp³-hybridized carbons (Fsp3) is 0.143. The summed E-state index contributed by atoms with van der Waals surface area (Å²) in [6.45, 7) is 1.58. The Labute approximate surface area is 101 Å². The molecule has 2 aromatic carbocycles. The number of phenolic OH excluding ortho intramolecular Hbond substituents is 1. The third-order valence-electron chi connectivity index (χ3n) is 1.81. The maximum atomic E-state index is 8.78. The third-order valence-corrected chi connectivity index (χ3v) is 1.81. The van der Waals surface area contributed by atoms with Crippen LogP contribution in [0.5, 0.6) is 11.5 Å². The molecule has 0 aliphatic carbocycles. The highest BCUT2D eigenvalue weighted by Crippen LogP contribution is 2.09. The van der Waals surface area contributed by atoms with Crippen LogP contribution in [0, 0.1) is 0 Å². The zero-order valence-corrected chi connectivity index (χ0v) is 9.65. The molecule has 0 spiro atoms. The van der Waals surface area contributed by atoms with Gasteiger partial charge in [0.1, 0.15) is 11.5 Å². The molecule has 0 amide bonds. The molecule has 0 radical (unpaired) electrons. The molecular formula is C14H16O3. The van der Waals surface area contributed by atoms with Gasteiger partial charge in [-0.2, -0.15) is 0 Å². The van der Waals surface area contributed by atoms with Crippen LogP contribution >= 0.6 is 0 Å². The van der Waals surface area contributed by atoms with Crippen molar-refractivity contribution in [3.05, 3.63) is 60.7 Å². The van der Waals surface area contributed by atoms with Gasteiger partial charge in [-0.15, -0.1) is 0 Å². The summed E-state index contributed by atoms with van der Waals surface area (Å²) >= 11 is 0. The van der Waals surface area contributed by atoms with E-state index in [1.807, 2.05) is 24.3 Å². The molecule has 2 aromatic rings. The third kappa shape index (κ3) is 6.22. The molecule has 0 fully saturated rings. The molecule has 0 saturated carbocycles. The van der Waals surface area contributed by atoms with Crippen molar-refractivity contribution < 1.29 is 14.9 Å². The fourth-order valence-electron chi connectivity index (χ4n) is 1.12. The number of aliphatic hydroxyl groups excluding tert-OH is 1. The molecule has 17 heavy (non-hydrogen) atoms. The van der Waals surface area contributed by atoms with E-state index >= 15 is 0 Å². The largest absolute Gasteiger partial charge is 0.508 e. The first-order valence-electron chi connectivity index (χ1n) is 5.32. The first-order valence-corrected chi connectivity index (χ1v) is 5.32. The molecule has 3 nitrogen and oxygen atoms in total. The second-order valence-corrected chi connectivity index (χ2v) is 3.37. The number of phenols is 1. The second-order valence-electron chi connectivity index (χ2n) is 3.37. The number of hydrogen-bond donors (Lipinski definition) is 2. The molecule has 0 saturated heterocycles. The van der Waals surface area contributed by atoms with E-state index in [-0.39, 0.29) is 0 Å². The highest BCUT2D eigenvalue weighted by molar-refractivity contribution is 5.20. The van der Waals surface area contributed by atoms with Crippen molar-refractivity contribution in [3.63, 3.8) is 0 Å². The standard InChI is InChI=1S/C8H10O2.C6H6O/c1-7(9)10-8-5-3-2-4-6-8;7-6-4-2-1-3-5-6/h2-7,9H,1H3;1-5,7H. The Balaban J connectivity index is 0.000000181. The molecule has 0 aliphatic rings. The van der Waals surface area contributed by atoms with Gasteiger partial charge in [0.2, 0.25) is 0 Å². The van der Waals surface area contributed by atoms with Crippen LogP contribution in [0.3, 0.4) is 0 Å². The predicted octanol–water partition coefficient (Wildman–Crippen LogP) is 2.80. The van der Waals surface area contributed by atoms with E-state index in [4.69, 9.17) is 14.9 Å². The van der Waals surface area contributed by atoms with Crippen molar-refractivity contribution >= 4 is 0 Å². The summed E-state index contributed by atoms with van der Waals surface area (Å²) in [6.07, 6.45) is -0.734. The van der Waals surface area contributed by atoms with Crippen LogP contribution in [0.1, 0.15) is 6.92 Å². The average Bonchev–Trinajstić information content (AvgIpc) is 2.31. The zero-order chi connectivity index (χ0) is 12.5. The smallest absolute Gasteiger partial charge is 0.194 e. The summed E-state index contributed by atoms with van der Waals surface area (Å²) in [5.74, 6) is 1.01. The summed E-state index contributed by atoms with van der Waals surface area (Å²) in [5.41, 5.74) is 0. The van der Waals surface area contributed by atoms with Crippen LogP contribution in [0.2, 0.25) is 0 Å². The lowest BCUT2D eigenvalue weighted by Crippen LogP contribution is -2.08. The first kappa shape index (κ1) is 13.1. The summed E-state index contributed by atoms with van der Waals surface area (Å²) in [4.78, 5) is 0. The van der Waals surface area contributed by atoms with Gasteiger partial charge in [-0.3, -0.25) is 0 Å². The summed E-state index contributed by atoms with van der Waals surface area (Å²) in [5, 5.41) is 17.4. The Morgan fingerprint density at radius 1 is 0.882 bits per heavy atom. The number of aliphatic hydroxyl groups is 1. The van der Waals surface area contributed by atoms with E-state index in [1.165, 1.54) is 0 Å². The topological polar surface area (TPSA) is 49.7 Å². The van der Waals surface area contributed by atoms with Crippen molar-refractivity contribution in [2.75, 3.05) is 0 Å². The number of benzene rings is 2. The lowest BCUT2D eigenvalue weighted by Gasteiger charge is -2.06. The minimum absolute atomic E-state index is 0.322. The van der Waals surface area contributed by atoms with E-state index in [0.717, 1.165) is 0 Å². The molecule has 2 N–H and O–H groups in total. The van der Waals surface area contributed by atoms with Gasteiger partial charge in [-0.05, 0) is 31.2 Å². The van der Waals surface area contributed by atoms with Crippen LogP contribution in [-0.2, 0) is 0 Å². The minimum atomic E-state index is -0.734. The maximum Gasteiger partial charge on any atom is 0.194 e. The van der Waals surface area contributed by atoms with E-state index in [1.54, 1.807) is 43.3 Å². The number of ether oxygens (including phenoxy) is 1. The van der Waals surface area contributed by atoms with Crippen molar-refractivity contribution in [2.45, 2.75) is 13.2 Å². The molecule has 1 unspecified atom stereocenters. The number of para-hydroxylation sites is 2. The Bertz CT molecular complexity index is 398. The van der Waals surface area contributed by atoms with E-state index in [0.29, 0.717) is 11.5 Å². The van der Waals surface area contributed by atoms with Crippen molar-refractivity contribution in [2.24, 2.45) is 0 Å². The Hall–Kier alpha value is -2.00. The average molecular weight is 232 g/mol. The van der Waals surface area contributed by atoms with Gasteiger partial charge in [0.25, 0.3) is 0 Å². The molecule has 0 heterocycles. The SMILES string of the molecule is CC(O)Oc1ccccc1.Oc1ccccc1. The van der Waals surface area contributed by atoms with Gasteiger partial charge in [0.05, 0.1) is 0 Å². The number of rotatable bonds is 2. The molecule has 1 atom stereocenters. The summed E-state index contributed by atoms with van der Waals surface area (Å²) < 4.78 is 4.97. The van der Waals surface area contributed by atoms with Crippen molar-refractivity contribution in [1.82, 2.24) is 0 Å². The summed E-state index contributed by atoms with van der Waals surface area (Å²) in [6, 6.07) is 17.9. The van der Waals surface area contributed by atoms with E-state index in [2.05, 4.69) is 0 Å². The predicted molar refractivity (Wildman–Crippen MR) is 66.9 cm³/mol. The fourth-order valence-corrected chi connectivity index (χ4v) is 1.12. The van der Waals surface area contributed by atoms with Crippen LogP contribution in [0.15, 0.2) is 60.7 Å². The van der Waals surface area contributed by atoms with E-state index in [9.17, 15) is 0 Å². The Morgan fingerprint density at radius 3 is 1.71 bits per heavy atom. The highest BCUT2D eigenvalue weighted by Gasteiger charge is 1.94. The quantitative estimate of drug-likeness (QED) is 0.783. The van der Waals surface area contributed by atoms with E-state index < -0.39 is 6.29 Å². The van der Waals surface area contributed by atoms with Gasteiger partial charge < -0.3 is 14.9 Å². The first-order chi connectivity index (χ1) is 8.18. The lowest BCUT2D eigenvalue weighted by molar-refractivity contribution is -0.000288. The van der Waals surface area contributed by atoms with Crippen LogP contribution in [0.25, 0.3) is 0 Å². The van der Waals surface area contributed by atoms with Crippen LogP contribution < -0.4 is 4.74 Å². The second kappa shape index (κ2) is 7.30. The Morgan fingerprint density at radius 2 is 1.35 bits per heavy atom. The molecule has 0 bridgehead atoms. The van der Waals surface area contributed by atoms with Crippen LogP contribution in [0.4, 0.5) is 0 Å². The molecular weight excluding hydrogens is 216 g/mol. The zero-order valence-electron chi connectivity index (χ0n) is 9.65. The lowest BCUT2D eigenvalue weighted by atomic mass is 10.3. The molecule has 0 aliphatic heterocycles. The minimum Gasteiger partial charge on any atom is -0.508 e. The van der Waals surface area contributed by atoms with Crippen molar-refractivity contribution in [1.29, 1.82) is 0 Å². The molecule has 0 aromatic heterocycles. The number of aromatic hydroxyl groups is 1. The Kier molecular flexibility index (Phi) is 5.61. The highest BCUT2D eigenvalue weighted by atomic mass is 16.6. The van der Waals surface area contributed by atoms with Gasteiger partial charge in [-0.1, -0.05) is 36.4 Å². The van der Waals surface area contributed by atoms with Crippen molar-refractivity contribution in [3.8, 4) is 11.5 Å².